The average Bonchev–Trinajstić information content (AvgIpc) is 3.20. The number of benzene rings is 1. The molecule has 1 aromatic carbocycles. The van der Waals surface area contributed by atoms with E-state index in [0.717, 1.165) is 23.9 Å². The fourth-order valence-corrected chi connectivity index (χ4v) is 4.02. The minimum atomic E-state index is -0.488. The number of carbonyl (C=O) groups excluding carboxylic acids is 2. The van der Waals surface area contributed by atoms with Crippen molar-refractivity contribution < 1.29 is 14.3 Å². The molecule has 168 valence electrons. The maximum Gasteiger partial charge on any atom is 0.410 e. The molecule has 32 heavy (non-hydrogen) atoms. The molecule has 1 aliphatic rings. The molecule has 4 rings (SSSR count). The third-order valence-corrected chi connectivity index (χ3v) is 5.70. The summed E-state index contributed by atoms with van der Waals surface area (Å²) in [4.78, 5) is 26.9. The first-order valence-corrected chi connectivity index (χ1v) is 11.1. The van der Waals surface area contributed by atoms with Gasteiger partial charge in [0.2, 0.25) is 0 Å². The summed E-state index contributed by atoms with van der Waals surface area (Å²) < 4.78 is 7.23. The van der Waals surface area contributed by atoms with Crippen molar-refractivity contribution >= 4 is 17.5 Å². The molecular weight excluding hydrogens is 404 g/mol. The van der Waals surface area contributed by atoms with Gasteiger partial charge in [0, 0.05) is 25.8 Å². The number of carbonyl (C=O) groups is 2. The molecule has 2 amide bonds. The van der Waals surface area contributed by atoms with Crippen molar-refractivity contribution in [3.63, 3.8) is 0 Å². The minimum Gasteiger partial charge on any atom is -0.444 e. The summed E-state index contributed by atoms with van der Waals surface area (Å²) in [6.07, 6.45) is 4.99. The lowest BCUT2D eigenvalue weighted by Gasteiger charge is -2.33. The van der Waals surface area contributed by atoms with Crippen LogP contribution in [0.25, 0.3) is 5.52 Å². The summed E-state index contributed by atoms with van der Waals surface area (Å²) in [7, 11) is 0. The summed E-state index contributed by atoms with van der Waals surface area (Å²) in [5.41, 5.74) is 3.09. The van der Waals surface area contributed by atoms with Crippen LogP contribution in [0.15, 0.2) is 54.9 Å². The monoisotopic (exact) mass is 434 g/mol. The lowest BCUT2D eigenvalue weighted by molar-refractivity contribution is 0.0204. The van der Waals surface area contributed by atoms with Gasteiger partial charge >= 0.3 is 6.09 Å². The van der Waals surface area contributed by atoms with Gasteiger partial charge in [-0.05, 0) is 62.8 Å². The van der Waals surface area contributed by atoms with E-state index >= 15 is 0 Å². The van der Waals surface area contributed by atoms with E-state index in [4.69, 9.17) is 4.74 Å². The smallest absolute Gasteiger partial charge is 0.410 e. The molecule has 0 spiro atoms. The minimum absolute atomic E-state index is 0.138. The maximum atomic E-state index is 12.8. The Morgan fingerprint density at radius 2 is 1.84 bits per heavy atom. The molecule has 1 N–H and O–H groups in total. The molecule has 3 aromatic rings. The number of piperidine rings is 1. The van der Waals surface area contributed by atoms with Gasteiger partial charge in [0.25, 0.3) is 5.91 Å². The van der Waals surface area contributed by atoms with Gasteiger partial charge in [-0.1, -0.05) is 30.3 Å². The molecule has 0 aliphatic carbocycles. The lowest BCUT2D eigenvalue weighted by Crippen LogP contribution is -2.41. The van der Waals surface area contributed by atoms with E-state index in [1.165, 1.54) is 5.56 Å². The van der Waals surface area contributed by atoms with Crippen LogP contribution in [0.3, 0.4) is 0 Å². The lowest BCUT2D eigenvalue weighted by atomic mass is 9.90. The molecule has 7 heteroatoms. The molecule has 1 fully saturated rings. The van der Waals surface area contributed by atoms with E-state index < -0.39 is 5.60 Å². The van der Waals surface area contributed by atoms with E-state index in [2.05, 4.69) is 22.5 Å². The normalized spacial score (nSPS) is 15.0. The van der Waals surface area contributed by atoms with Crippen LogP contribution in [0.4, 0.5) is 4.79 Å². The van der Waals surface area contributed by atoms with Crippen molar-refractivity contribution in [3.8, 4) is 0 Å². The third-order valence-electron chi connectivity index (χ3n) is 5.70. The molecule has 1 aliphatic heterocycles. The zero-order valence-corrected chi connectivity index (χ0v) is 18.9. The molecular formula is C25H30N4O3. The van der Waals surface area contributed by atoms with E-state index in [0.29, 0.717) is 31.1 Å². The molecule has 0 unspecified atom stereocenters. The number of fused-ring (bicyclic) bond motifs is 1. The van der Waals surface area contributed by atoms with Crippen molar-refractivity contribution in [3.05, 3.63) is 71.5 Å². The van der Waals surface area contributed by atoms with Crippen molar-refractivity contribution in [2.24, 2.45) is 0 Å². The highest BCUT2D eigenvalue weighted by molar-refractivity contribution is 6.00. The number of hydrogen-bond acceptors (Lipinski definition) is 4. The second-order valence-electron chi connectivity index (χ2n) is 9.26. The van der Waals surface area contributed by atoms with Gasteiger partial charge in [0.1, 0.15) is 5.60 Å². The van der Waals surface area contributed by atoms with Gasteiger partial charge < -0.3 is 15.0 Å². The number of ether oxygens (including phenoxy) is 1. The van der Waals surface area contributed by atoms with Crippen LogP contribution in [0, 0.1) is 0 Å². The predicted molar refractivity (Wildman–Crippen MR) is 123 cm³/mol. The molecule has 0 bridgehead atoms. The van der Waals surface area contributed by atoms with E-state index in [-0.39, 0.29) is 12.0 Å². The highest BCUT2D eigenvalue weighted by Crippen LogP contribution is 2.30. The summed E-state index contributed by atoms with van der Waals surface area (Å²) in [5.74, 6) is 0.189. The van der Waals surface area contributed by atoms with Crippen molar-refractivity contribution in [1.82, 2.24) is 19.8 Å². The Kier molecular flexibility index (Phi) is 6.17. The predicted octanol–water partition coefficient (Wildman–Crippen LogP) is 4.38. The van der Waals surface area contributed by atoms with Gasteiger partial charge in [-0.3, -0.25) is 4.79 Å². The number of rotatable bonds is 4. The number of hydrogen-bond donors (Lipinski definition) is 1. The summed E-state index contributed by atoms with van der Waals surface area (Å²) >= 11 is 0. The number of likely N-dealkylation sites (tertiary alicyclic amines) is 1. The molecule has 7 nitrogen and oxygen atoms in total. The zero-order valence-electron chi connectivity index (χ0n) is 18.9. The Morgan fingerprint density at radius 3 is 2.53 bits per heavy atom. The van der Waals surface area contributed by atoms with E-state index in [1.54, 1.807) is 15.6 Å². The van der Waals surface area contributed by atoms with Gasteiger partial charge in [-0.15, -0.1) is 0 Å². The van der Waals surface area contributed by atoms with Crippen LogP contribution < -0.4 is 5.32 Å². The number of nitrogens with one attached hydrogen (secondary N) is 1. The zero-order chi connectivity index (χ0) is 22.7. The number of aromatic nitrogens is 2. The van der Waals surface area contributed by atoms with Gasteiger partial charge in [-0.2, -0.15) is 5.10 Å². The SMILES string of the molecule is CC(C)(C)OC(=O)N1CCC(c2ccn3ncc(C(=O)NCc4ccccc4)c3c2)CC1. The highest BCUT2D eigenvalue weighted by atomic mass is 16.6. The van der Waals surface area contributed by atoms with E-state index in [9.17, 15) is 9.59 Å². The third kappa shape index (κ3) is 5.10. The summed E-state index contributed by atoms with van der Waals surface area (Å²) in [6, 6.07) is 13.9. The summed E-state index contributed by atoms with van der Waals surface area (Å²) in [5, 5.41) is 7.32. The van der Waals surface area contributed by atoms with Crippen molar-refractivity contribution in [1.29, 1.82) is 0 Å². The first kappa shape index (κ1) is 21.9. The van der Waals surface area contributed by atoms with Crippen LogP contribution in [0.1, 0.15) is 61.0 Å². The molecule has 3 heterocycles. The van der Waals surface area contributed by atoms with Crippen LogP contribution in [-0.4, -0.2) is 45.2 Å². The topological polar surface area (TPSA) is 75.9 Å². The van der Waals surface area contributed by atoms with Gasteiger partial charge in [-0.25, -0.2) is 9.31 Å². The highest BCUT2D eigenvalue weighted by Gasteiger charge is 2.28. The maximum absolute atomic E-state index is 12.8. The molecule has 1 saturated heterocycles. The quantitative estimate of drug-likeness (QED) is 0.661. The second-order valence-corrected chi connectivity index (χ2v) is 9.26. The number of pyridine rings is 1. The van der Waals surface area contributed by atoms with Crippen LogP contribution in [0.2, 0.25) is 0 Å². The fraction of sp³-hybridized carbons (Fsp3) is 0.400. The Bertz CT molecular complexity index is 1090. The Balaban J connectivity index is 1.43. The molecule has 0 atom stereocenters. The number of nitrogens with zero attached hydrogens (tertiary/aromatic N) is 3. The molecule has 0 saturated carbocycles. The first-order chi connectivity index (χ1) is 15.3. The van der Waals surface area contributed by atoms with Gasteiger partial charge in [0.05, 0.1) is 17.3 Å². The average molecular weight is 435 g/mol. The molecule has 2 aromatic heterocycles. The Hall–Kier alpha value is -3.35. The van der Waals surface area contributed by atoms with Crippen molar-refractivity contribution in [2.75, 3.05) is 13.1 Å². The fourth-order valence-electron chi connectivity index (χ4n) is 4.02. The summed E-state index contributed by atoms with van der Waals surface area (Å²) in [6.45, 7) is 7.44. The van der Waals surface area contributed by atoms with Gasteiger partial charge in [0.15, 0.2) is 0 Å². The van der Waals surface area contributed by atoms with Crippen molar-refractivity contribution in [2.45, 2.75) is 51.7 Å². The van der Waals surface area contributed by atoms with Crippen LogP contribution >= 0.6 is 0 Å². The number of amides is 2. The van der Waals surface area contributed by atoms with Crippen LogP contribution in [-0.2, 0) is 11.3 Å². The Morgan fingerprint density at radius 1 is 1.12 bits per heavy atom. The molecule has 0 radical (unpaired) electrons. The van der Waals surface area contributed by atoms with E-state index in [1.807, 2.05) is 57.3 Å². The van der Waals surface area contributed by atoms with Crippen LogP contribution in [0.5, 0.6) is 0 Å². The first-order valence-electron chi connectivity index (χ1n) is 11.1. The standard InChI is InChI=1S/C25H30N4O3/c1-25(2,3)32-24(31)28-12-9-19(10-13-28)20-11-14-29-22(15-20)21(17-27-29)23(30)26-16-18-7-5-4-6-8-18/h4-8,11,14-15,17,19H,9-10,12-13,16H2,1-3H3,(H,26,30). The second kappa shape index (κ2) is 9.02. The largest absolute Gasteiger partial charge is 0.444 e. The Labute approximate surface area is 188 Å².